The molecular formula is C12H20O3. The zero-order valence-corrected chi connectivity index (χ0v) is 9.75. The Bertz CT molecular complexity index is 283. The fraction of sp³-hybridized carbons (Fsp3) is 0.833. The molecule has 2 unspecified atom stereocenters. The van der Waals surface area contributed by atoms with Crippen molar-refractivity contribution in [1.82, 2.24) is 0 Å². The maximum atomic E-state index is 9.03. The van der Waals surface area contributed by atoms with Gasteiger partial charge in [0.15, 0.2) is 5.79 Å². The van der Waals surface area contributed by atoms with E-state index in [0.29, 0.717) is 0 Å². The first-order valence-electron chi connectivity index (χ1n) is 5.64. The number of hydrogen-bond donors (Lipinski definition) is 1. The van der Waals surface area contributed by atoms with Gasteiger partial charge in [0.2, 0.25) is 0 Å². The summed E-state index contributed by atoms with van der Waals surface area (Å²) in [5.41, 5.74) is 0.898. The lowest BCUT2D eigenvalue weighted by atomic mass is 9.94. The van der Waals surface area contributed by atoms with Gasteiger partial charge < -0.3 is 14.6 Å². The quantitative estimate of drug-likeness (QED) is 0.676. The topological polar surface area (TPSA) is 38.7 Å². The van der Waals surface area contributed by atoms with E-state index in [4.69, 9.17) is 14.6 Å². The van der Waals surface area contributed by atoms with Crippen LogP contribution in [0.5, 0.6) is 0 Å². The third-order valence-electron chi connectivity index (χ3n) is 3.55. The summed E-state index contributed by atoms with van der Waals surface area (Å²) in [4.78, 5) is 0. The number of ether oxygens (including phenoxy) is 2. The summed E-state index contributed by atoms with van der Waals surface area (Å²) in [5, 5.41) is 9.03. The van der Waals surface area contributed by atoms with E-state index in [1.807, 2.05) is 0 Å². The molecule has 0 saturated carbocycles. The molecule has 15 heavy (non-hydrogen) atoms. The predicted molar refractivity (Wildman–Crippen MR) is 57.5 cm³/mol. The van der Waals surface area contributed by atoms with Gasteiger partial charge in [0.1, 0.15) is 0 Å². The number of aliphatic hydroxyl groups excluding tert-OH is 1. The summed E-state index contributed by atoms with van der Waals surface area (Å²) < 4.78 is 12.0. The van der Waals surface area contributed by atoms with Crippen LogP contribution in [0, 0.1) is 0 Å². The van der Waals surface area contributed by atoms with Crippen LogP contribution in [0.15, 0.2) is 11.6 Å². The normalized spacial score (nSPS) is 39.5. The van der Waals surface area contributed by atoms with Crippen molar-refractivity contribution in [2.45, 2.75) is 57.5 Å². The van der Waals surface area contributed by atoms with Crippen LogP contribution in [0.4, 0.5) is 0 Å². The molecule has 1 N–H and O–H groups in total. The Balaban J connectivity index is 2.10. The van der Waals surface area contributed by atoms with E-state index >= 15 is 0 Å². The van der Waals surface area contributed by atoms with Crippen molar-refractivity contribution in [3.63, 3.8) is 0 Å². The summed E-state index contributed by atoms with van der Waals surface area (Å²) in [7, 11) is 0. The van der Waals surface area contributed by atoms with E-state index in [0.717, 1.165) is 24.8 Å². The number of aliphatic hydroxyl groups is 1. The SMILES string of the molecule is CC1OC2(CC=C(CO)CC2)OC1(C)C. The van der Waals surface area contributed by atoms with E-state index in [2.05, 4.69) is 26.8 Å². The van der Waals surface area contributed by atoms with Gasteiger partial charge in [-0.05, 0) is 32.8 Å². The summed E-state index contributed by atoms with van der Waals surface area (Å²) in [5.74, 6) is -0.429. The van der Waals surface area contributed by atoms with Crippen LogP contribution in [0.3, 0.4) is 0 Å². The molecule has 1 spiro atoms. The van der Waals surface area contributed by atoms with E-state index in [-0.39, 0.29) is 18.3 Å². The zero-order valence-electron chi connectivity index (χ0n) is 9.75. The molecule has 2 atom stereocenters. The molecule has 0 aromatic rings. The van der Waals surface area contributed by atoms with Crippen LogP contribution in [0.25, 0.3) is 0 Å². The second kappa shape index (κ2) is 3.58. The van der Waals surface area contributed by atoms with Crippen molar-refractivity contribution < 1.29 is 14.6 Å². The van der Waals surface area contributed by atoms with Gasteiger partial charge in [-0.15, -0.1) is 0 Å². The molecule has 1 aliphatic heterocycles. The molecule has 1 saturated heterocycles. The van der Waals surface area contributed by atoms with Gasteiger partial charge in [0.25, 0.3) is 0 Å². The Morgan fingerprint density at radius 3 is 2.67 bits per heavy atom. The summed E-state index contributed by atoms with van der Waals surface area (Å²) in [6, 6.07) is 0. The van der Waals surface area contributed by atoms with Gasteiger partial charge in [-0.2, -0.15) is 0 Å². The first-order valence-corrected chi connectivity index (χ1v) is 5.64. The maximum Gasteiger partial charge on any atom is 0.173 e. The van der Waals surface area contributed by atoms with Gasteiger partial charge in [-0.25, -0.2) is 0 Å². The molecule has 86 valence electrons. The van der Waals surface area contributed by atoms with Gasteiger partial charge in [0.05, 0.1) is 18.3 Å². The van der Waals surface area contributed by atoms with Crippen LogP contribution in [-0.2, 0) is 9.47 Å². The van der Waals surface area contributed by atoms with Crippen molar-refractivity contribution in [2.24, 2.45) is 0 Å². The van der Waals surface area contributed by atoms with E-state index in [1.54, 1.807) is 0 Å². The maximum absolute atomic E-state index is 9.03. The van der Waals surface area contributed by atoms with Crippen LogP contribution in [0.1, 0.15) is 40.0 Å². The van der Waals surface area contributed by atoms with Gasteiger partial charge in [-0.1, -0.05) is 6.08 Å². The standard InChI is InChI=1S/C12H20O3/c1-9-11(2,3)15-12(14-9)6-4-10(8-13)5-7-12/h4,9,13H,5-8H2,1-3H3. The smallest absolute Gasteiger partial charge is 0.173 e. The average molecular weight is 212 g/mol. The molecular weight excluding hydrogens is 192 g/mol. The van der Waals surface area contributed by atoms with Gasteiger partial charge in [-0.3, -0.25) is 0 Å². The molecule has 0 bridgehead atoms. The lowest BCUT2D eigenvalue weighted by molar-refractivity contribution is -0.189. The monoisotopic (exact) mass is 212 g/mol. The van der Waals surface area contributed by atoms with Crippen LogP contribution >= 0.6 is 0 Å². The molecule has 2 rings (SSSR count). The third-order valence-corrected chi connectivity index (χ3v) is 3.55. The molecule has 1 heterocycles. The van der Waals surface area contributed by atoms with Crippen molar-refractivity contribution in [2.75, 3.05) is 6.61 Å². The zero-order chi connectivity index (χ0) is 11.1. The van der Waals surface area contributed by atoms with Gasteiger partial charge >= 0.3 is 0 Å². The first kappa shape index (κ1) is 11.1. The van der Waals surface area contributed by atoms with Crippen molar-refractivity contribution in [1.29, 1.82) is 0 Å². The van der Waals surface area contributed by atoms with Crippen LogP contribution in [-0.4, -0.2) is 29.2 Å². The Labute approximate surface area is 91.1 Å². The highest BCUT2D eigenvalue weighted by atomic mass is 16.8. The second-order valence-corrected chi connectivity index (χ2v) is 5.10. The van der Waals surface area contributed by atoms with Gasteiger partial charge in [0, 0.05) is 12.8 Å². The Kier molecular flexibility index (Phi) is 2.65. The van der Waals surface area contributed by atoms with Crippen molar-refractivity contribution >= 4 is 0 Å². The second-order valence-electron chi connectivity index (χ2n) is 5.10. The molecule has 2 aliphatic rings. The average Bonchev–Trinajstić information content (AvgIpc) is 2.38. The molecule has 1 aliphatic carbocycles. The van der Waals surface area contributed by atoms with E-state index < -0.39 is 5.79 Å². The minimum atomic E-state index is -0.429. The fourth-order valence-corrected chi connectivity index (χ4v) is 2.25. The first-order chi connectivity index (χ1) is 6.97. The third kappa shape index (κ3) is 1.96. The van der Waals surface area contributed by atoms with Crippen LogP contribution in [0.2, 0.25) is 0 Å². The largest absolute Gasteiger partial charge is 0.392 e. The minimum absolute atomic E-state index is 0.126. The lowest BCUT2D eigenvalue weighted by Gasteiger charge is -2.32. The minimum Gasteiger partial charge on any atom is -0.392 e. The summed E-state index contributed by atoms with van der Waals surface area (Å²) >= 11 is 0. The Morgan fingerprint density at radius 2 is 2.27 bits per heavy atom. The summed E-state index contributed by atoms with van der Waals surface area (Å²) in [6.07, 6.45) is 4.67. The molecule has 3 heteroatoms. The molecule has 0 radical (unpaired) electrons. The number of rotatable bonds is 1. The van der Waals surface area contributed by atoms with Crippen molar-refractivity contribution in [3.05, 3.63) is 11.6 Å². The number of hydrogen-bond acceptors (Lipinski definition) is 3. The molecule has 1 fully saturated rings. The highest BCUT2D eigenvalue weighted by Crippen LogP contribution is 2.43. The van der Waals surface area contributed by atoms with Crippen LogP contribution < -0.4 is 0 Å². The van der Waals surface area contributed by atoms with E-state index in [1.165, 1.54) is 0 Å². The fourth-order valence-electron chi connectivity index (χ4n) is 2.25. The highest BCUT2D eigenvalue weighted by Gasteiger charge is 2.50. The lowest BCUT2D eigenvalue weighted by Crippen LogP contribution is -2.35. The molecule has 0 aromatic carbocycles. The Morgan fingerprint density at radius 1 is 1.53 bits per heavy atom. The predicted octanol–water partition coefficient (Wildman–Crippen LogP) is 2.00. The van der Waals surface area contributed by atoms with Crippen molar-refractivity contribution in [3.8, 4) is 0 Å². The molecule has 3 nitrogen and oxygen atoms in total. The molecule has 0 aromatic heterocycles. The Hall–Kier alpha value is -0.380. The van der Waals surface area contributed by atoms with E-state index in [9.17, 15) is 0 Å². The summed E-state index contributed by atoms with van der Waals surface area (Å²) in [6.45, 7) is 6.35. The molecule has 0 amide bonds. The highest BCUT2D eigenvalue weighted by molar-refractivity contribution is 5.10.